The van der Waals surface area contributed by atoms with Gasteiger partial charge in [0, 0.05) is 71.9 Å². The summed E-state index contributed by atoms with van der Waals surface area (Å²) >= 11 is 0. The van der Waals surface area contributed by atoms with E-state index in [1.165, 1.54) is 0 Å². The highest BCUT2D eigenvalue weighted by Gasteiger charge is 2.21. The van der Waals surface area contributed by atoms with Crippen molar-refractivity contribution in [2.24, 2.45) is 5.92 Å². The minimum Gasteiger partial charge on any atom is -0.480 e. The summed E-state index contributed by atoms with van der Waals surface area (Å²) in [6.07, 6.45) is 2.83. The van der Waals surface area contributed by atoms with Gasteiger partial charge in [-0.05, 0) is 12.3 Å². The fourth-order valence-corrected chi connectivity index (χ4v) is 4.47. The van der Waals surface area contributed by atoms with Crippen molar-refractivity contribution in [3.63, 3.8) is 0 Å². The molecule has 1 aliphatic heterocycles. The van der Waals surface area contributed by atoms with E-state index in [1.54, 1.807) is 19.6 Å². The molecule has 1 rings (SSSR count). The predicted octanol–water partition coefficient (Wildman–Crippen LogP) is -1.88. The second-order valence-electron chi connectivity index (χ2n) is 11.2. The average Bonchev–Trinajstić information content (AvgIpc) is 2.92. The van der Waals surface area contributed by atoms with Crippen molar-refractivity contribution in [1.29, 1.82) is 0 Å². The van der Waals surface area contributed by atoms with E-state index >= 15 is 0 Å². The summed E-state index contributed by atoms with van der Waals surface area (Å²) in [6.45, 7) is 6.22. The van der Waals surface area contributed by atoms with Crippen LogP contribution in [0.5, 0.6) is 0 Å². The van der Waals surface area contributed by atoms with E-state index in [2.05, 4.69) is 35.3 Å². The van der Waals surface area contributed by atoms with Gasteiger partial charge in [0.05, 0.1) is 26.2 Å². The molecule has 4 amide bonds. The van der Waals surface area contributed by atoms with Gasteiger partial charge in [-0.25, -0.2) is 10.2 Å². The monoisotopic (exact) mass is 630 g/mol. The first-order chi connectivity index (χ1) is 20.8. The third-order valence-corrected chi connectivity index (χ3v) is 6.86. The smallest absolute Gasteiger partial charge is 0.333 e. The number of carbonyl (C=O) groups is 6. The minimum absolute atomic E-state index is 0.0205. The van der Waals surface area contributed by atoms with E-state index in [0.717, 1.165) is 19.3 Å². The van der Waals surface area contributed by atoms with Crippen LogP contribution >= 0.6 is 0 Å². The Labute approximate surface area is 258 Å². The number of rotatable bonds is 16. The van der Waals surface area contributed by atoms with Crippen molar-refractivity contribution in [1.82, 2.24) is 41.1 Å². The third-order valence-electron chi connectivity index (χ3n) is 6.86. The molecule has 0 bridgehead atoms. The van der Waals surface area contributed by atoms with Crippen LogP contribution in [0.4, 0.5) is 4.79 Å². The number of aliphatic carboxylic acids is 3. The molecule has 17 nitrogen and oxygen atoms in total. The first kappa shape index (κ1) is 38.5. The molecular formula is C27H50N8O9. The maximum atomic E-state index is 12.7. The molecule has 0 radical (unpaired) electrons. The highest BCUT2D eigenvalue weighted by molar-refractivity contribution is 5.82. The highest BCUT2D eigenvalue weighted by atomic mass is 16.4. The maximum Gasteiger partial charge on any atom is 0.333 e. The Hall–Kier alpha value is -3.54. The Balaban J connectivity index is 2.60. The van der Waals surface area contributed by atoms with Crippen LogP contribution in [0.25, 0.3) is 0 Å². The van der Waals surface area contributed by atoms with Gasteiger partial charge in [-0.15, -0.1) is 0 Å². The van der Waals surface area contributed by atoms with Crippen LogP contribution in [0.1, 0.15) is 39.5 Å². The second kappa shape index (κ2) is 22.0. The van der Waals surface area contributed by atoms with Crippen LogP contribution < -0.4 is 21.5 Å². The number of nitrogens with one attached hydrogen (secondary N) is 4. The first-order valence-corrected chi connectivity index (χ1v) is 15.0. The van der Waals surface area contributed by atoms with Crippen LogP contribution in [0.3, 0.4) is 0 Å². The maximum absolute atomic E-state index is 12.7. The molecule has 1 fully saturated rings. The number of amides is 4. The number of carboxylic acids is 3. The molecule has 17 heteroatoms. The molecular weight excluding hydrogens is 580 g/mol. The molecule has 0 atom stereocenters. The summed E-state index contributed by atoms with van der Waals surface area (Å²) in [5.41, 5.74) is 4.56. The molecule has 0 saturated carbocycles. The first-order valence-electron chi connectivity index (χ1n) is 15.0. The molecule has 252 valence electrons. The second-order valence-corrected chi connectivity index (χ2v) is 11.2. The van der Waals surface area contributed by atoms with Gasteiger partial charge in [-0.3, -0.25) is 49.0 Å². The zero-order chi connectivity index (χ0) is 32.9. The van der Waals surface area contributed by atoms with Gasteiger partial charge in [-0.1, -0.05) is 26.7 Å². The number of unbranched alkanes of at least 4 members (excludes halogenated alkanes) is 1. The van der Waals surface area contributed by atoms with E-state index in [0.29, 0.717) is 25.6 Å². The number of carbonyl (C=O) groups excluding carboxylic acids is 3. The van der Waals surface area contributed by atoms with Crippen molar-refractivity contribution < 1.29 is 44.1 Å². The van der Waals surface area contributed by atoms with Gasteiger partial charge in [0.15, 0.2) is 0 Å². The quantitative estimate of drug-likeness (QED) is 0.0734. The van der Waals surface area contributed by atoms with E-state index in [1.807, 2.05) is 0 Å². The van der Waals surface area contributed by atoms with Gasteiger partial charge >= 0.3 is 23.9 Å². The lowest BCUT2D eigenvalue weighted by molar-refractivity contribution is -0.140. The summed E-state index contributed by atoms with van der Waals surface area (Å²) in [5.74, 6) is -3.37. The standard InChI is InChI=1S/C27H50N8O9/c1-21(2)5-3-4-7-29-27(44)31-30-22(36)6-8-28-23(37)17-32-9-11-33(18-24(38)39)13-15-35(20-26(42)43)16-14-34(12-10-32)19-25(40)41/h21H,3-20H2,1-2H3,(H,28,37)(H,30,36)(H,38,39)(H,40,41)(H,42,43)(H2,29,31,44). The van der Waals surface area contributed by atoms with Crippen LogP contribution in [-0.2, 0) is 24.0 Å². The SMILES string of the molecule is CC(C)CCCCNC(=O)NNC(=O)CCNC(=O)CN1CCN(CC(=O)O)CCN(CC(=O)O)CCN(CC(=O)O)CC1. The molecule has 1 heterocycles. The van der Waals surface area contributed by atoms with Crippen LogP contribution in [0, 0.1) is 5.92 Å². The lowest BCUT2D eigenvalue weighted by Gasteiger charge is -2.32. The topological polar surface area (TPSA) is 224 Å². The van der Waals surface area contributed by atoms with E-state index in [4.69, 9.17) is 0 Å². The molecule has 1 saturated heterocycles. The zero-order valence-electron chi connectivity index (χ0n) is 25.9. The largest absolute Gasteiger partial charge is 0.480 e. The Morgan fingerprint density at radius 3 is 1.41 bits per heavy atom. The van der Waals surface area contributed by atoms with Gasteiger partial charge in [0.1, 0.15) is 0 Å². The van der Waals surface area contributed by atoms with Crippen LogP contribution in [0.2, 0.25) is 0 Å². The fraction of sp³-hybridized carbons (Fsp3) is 0.778. The van der Waals surface area contributed by atoms with Crippen molar-refractivity contribution in [2.75, 3.05) is 91.6 Å². The number of nitrogens with zero attached hydrogens (tertiary/aromatic N) is 4. The van der Waals surface area contributed by atoms with E-state index < -0.39 is 29.8 Å². The van der Waals surface area contributed by atoms with Gasteiger partial charge in [0.25, 0.3) is 0 Å². The number of hydrogen-bond acceptors (Lipinski definition) is 10. The van der Waals surface area contributed by atoms with Crippen LogP contribution in [0.15, 0.2) is 0 Å². The Bertz CT molecular complexity index is 905. The van der Waals surface area contributed by atoms with Crippen molar-refractivity contribution in [3.05, 3.63) is 0 Å². The summed E-state index contributed by atoms with van der Waals surface area (Å²) in [4.78, 5) is 77.4. The number of hydrogen-bond donors (Lipinski definition) is 7. The third kappa shape index (κ3) is 20.4. The lowest BCUT2D eigenvalue weighted by Crippen LogP contribution is -2.50. The van der Waals surface area contributed by atoms with Gasteiger partial charge in [0.2, 0.25) is 11.8 Å². The molecule has 0 unspecified atom stereocenters. The van der Waals surface area contributed by atoms with E-state index in [9.17, 15) is 44.1 Å². The number of carboxylic acid groups (broad SMARTS) is 3. The highest BCUT2D eigenvalue weighted by Crippen LogP contribution is 2.05. The van der Waals surface area contributed by atoms with Crippen LogP contribution in [-0.4, -0.2) is 162 Å². The molecule has 44 heavy (non-hydrogen) atoms. The molecule has 0 spiro atoms. The van der Waals surface area contributed by atoms with Crippen molar-refractivity contribution in [3.8, 4) is 0 Å². The Morgan fingerprint density at radius 1 is 0.568 bits per heavy atom. The fourth-order valence-electron chi connectivity index (χ4n) is 4.47. The van der Waals surface area contributed by atoms with Gasteiger partial charge in [-0.2, -0.15) is 0 Å². The predicted molar refractivity (Wildman–Crippen MR) is 160 cm³/mol. The summed E-state index contributed by atoms with van der Waals surface area (Å²) < 4.78 is 0. The number of urea groups is 1. The Kier molecular flexibility index (Phi) is 19.3. The zero-order valence-corrected chi connectivity index (χ0v) is 25.9. The van der Waals surface area contributed by atoms with E-state index in [-0.39, 0.29) is 84.3 Å². The minimum atomic E-state index is -1.04. The molecule has 0 aromatic rings. The molecule has 0 aromatic heterocycles. The van der Waals surface area contributed by atoms with Crippen molar-refractivity contribution in [2.45, 2.75) is 39.5 Å². The summed E-state index contributed by atoms with van der Waals surface area (Å²) in [6, 6.07) is -0.522. The summed E-state index contributed by atoms with van der Waals surface area (Å²) in [5, 5.41) is 33.2. The molecule has 1 aliphatic rings. The number of hydrazine groups is 1. The molecule has 0 aliphatic carbocycles. The average molecular weight is 631 g/mol. The molecule has 7 N–H and O–H groups in total. The summed E-state index contributed by atoms with van der Waals surface area (Å²) in [7, 11) is 0. The van der Waals surface area contributed by atoms with Gasteiger partial charge < -0.3 is 26.0 Å². The molecule has 0 aromatic carbocycles. The normalized spacial score (nSPS) is 16.3. The Morgan fingerprint density at radius 2 is 1.00 bits per heavy atom. The lowest BCUT2D eigenvalue weighted by atomic mass is 10.1. The van der Waals surface area contributed by atoms with Crippen molar-refractivity contribution >= 4 is 35.8 Å².